The highest BCUT2D eigenvalue weighted by Gasteiger charge is 2.21. The Labute approximate surface area is 107 Å². The van der Waals surface area contributed by atoms with Crippen molar-refractivity contribution in [2.24, 2.45) is 5.92 Å². The highest BCUT2D eigenvalue weighted by Crippen LogP contribution is 2.29. The molecular formula is C14H20N2O2. The van der Waals surface area contributed by atoms with E-state index < -0.39 is 5.97 Å². The molecule has 2 rings (SSSR count). The van der Waals surface area contributed by atoms with E-state index in [1.807, 2.05) is 29.2 Å². The predicted octanol–water partition coefficient (Wildman–Crippen LogP) is 2.35. The zero-order chi connectivity index (χ0) is 13.0. The number of hydrogen-bond donors (Lipinski definition) is 2. The maximum Gasteiger partial charge on any atom is 0.323 e. The van der Waals surface area contributed by atoms with E-state index in [2.05, 4.69) is 0 Å². The van der Waals surface area contributed by atoms with Gasteiger partial charge in [-0.3, -0.25) is 4.79 Å². The van der Waals surface area contributed by atoms with Crippen molar-refractivity contribution < 1.29 is 9.90 Å². The van der Waals surface area contributed by atoms with Gasteiger partial charge in [-0.1, -0.05) is 25.0 Å². The number of aliphatic carboxylic acids is 1. The van der Waals surface area contributed by atoms with E-state index in [9.17, 15) is 4.79 Å². The molecule has 1 aromatic rings. The molecule has 0 unspecified atom stereocenters. The van der Waals surface area contributed by atoms with Gasteiger partial charge in [0.25, 0.3) is 0 Å². The molecule has 0 saturated heterocycles. The second kappa shape index (κ2) is 5.76. The maximum atomic E-state index is 11.0. The summed E-state index contributed by atoms with van der Waals surface area (Å²) >= 11 is 0. The Morgan fingerprint density at radius 3 is 2.61 bits per heavy atom. The lowest BCUT2D eigenvalue weighted by Crippen LogP contribution is -2.34. The fraction of sp³-hybridized carbons (Fsp3) is 0.500. The van der Waals surface area contributed by atoms with Crippen LogP contribution in [-0.4, -0.2) is 24.2 Å². The van der Waals surface area contributed by atoms with E-state index in [1.165, 1.54) is 25.7 Å². The molecule has 0 bridgehead atoms. The number of carboxylic acids is 1. The molecule has 1 aliphatic carbocycles. The van der Waals surface area contributed by atoms with Gasteiger partial charge in [0.1, 0.15) is 6.54 Å². The number of para-hydroxylation sites is 2. The topological polar surface area (TPSA) is 66.6 Å². The largest absolute Gasteiger partial charge is 0.480 e. The Balaban J connectivity index is 2.13. The van der Waals surface area contributed by atoms with E-state index in [-0.39, 0.29) is 6.54 Å². The molecule has 4 nitrogen and oxygen atoms in total. The van der Waals surface area contributed by atoms with Gasteiger partial charge in [-0.05, 0) is 30.9 Å². The van der Waals surface area contributed by atoms with Gasteiger partial charge < -0.3 is 15.7 Å². The smallest absolute Gasteiger partial charge is 0.323 e. The minimum Gasteiger partial charge on any atom is -0.480 e. The van der Waals surface area contributed by atoms with Crippen LogP contribution in [0.25, 0.3) is 0 Å². The quantitative estimate of drug-likeness (QED) is 0.785. The Kier molecular flexibility index (Phi) is 4.07. The van der Waals surface area contributed by atoms with Gasteiger partial charge in [0.05, 0.1) is 11.4 Å². The van der Waals surface area contributed by atoms with E-state index in [0.717, 1.165) is 12.2 Å². The van der Waals surface area contributed by atoms with Crippen LogP contribution >= 0.6 is 0 Å². The number of hydrogen-bond acceptors (Lipinski definition) is 3. The van der Waals surface area contributed by atoms with Gasteiger partial charge in [-0.25, -0.2) is 0 Å². The monoisotopic (exact) mass is 248 g/mol. The van der Waals surface area contributed by atoms with Gasteiger partial charge >= 0.3 is 5.97 Å². The van der Waals surface area contributed by atoms with Gasteiger partial charge in [0.15, 0.2) is 0 Å². The van der Waals surface area contributed by atoms with Gasteiger partial charge in [-0.15, -0.1) is 0 Å². The zero-order valence-electron chi connectivity index (χ0n) is 10.5. The number of nitrogens with two attached hydrogens (primary N) is 1. The van der Waals surface area contributed by atoms with E-state index >= 15 is 0 Å². The molecule has 98 valence electrons. The van der Waals surface area contributed by atoms with E-state index in [0.29, 0.717) is 11.6 Å². The second-order valence-corrected chi connectivity index (χ2v) is 4.98. The highest BCUT2D eigenvalue weighted by atomic mass is 16.4. The summed E-state index contributed by atoms with van der Waals surface area (Å²) in [5, 5.41) is 9.03. The van der Waals surface area contributed by atoms with E-state index in [4.69, 9.17) is 10.8 Å². The normalized spacial score (nSPS) is 15.8. The van der Waals surface area contributed by atoms with Crippen LogP contribution in [0.5, 0.6) is 0 Å². The highest BCUT2D eigenvalue weighted by molar-refractivity contribution is 5.77. The summed E-state index contributed by atoms with van der Waals surface area (Å²) in [4.78, 5) is 12.9. The molecule has 0 radical (unpaired) electrons. The summed E-state index contributed by atoms with van der Waals surface area (Å²) in [6.45, 7) is 0.811. The van der Waals surface area contributed by atoms with Crippen LogP contribution in [0.15, 0.2) is 24.3 Å². The predicted molar refractivity (Wildman–Crippen MR) is 72.7 cm³/mol. The molecule has 0 aromatic heterocycles. The van der Waals surface area contributed by atoms with Crippen molar-refractivity contribution in [3.63, 3.8) is 0 Å². The molecule has 0 heterocycles. The molecule has 4 heteroatoms. The van der Waals surface area contributed by atoms with Crippen LogP contribution in [-0.2, 0) is 4.79 Å². The van der Waals surface area contributed by atoms with Crippen LogP contribution < -0.4 is 10.6 Å². The van der Waals surface area contributed by atoms with Crippen LogP contribution in [0, 0.1) is 5.92 Å². The maximum absolute atomic E-state index is 11.0. The van der Waals surface area contributed by atoms with Crippen molar-refractivity contribution >= 4 is 17.3 Å². The molecule has 1 fully saturated rings. The first-order valence-corrected chi connectivity index (χ1v) is 6.48. The summed E-state index contributed by atoms with van der Waals surface area (Å²) in [6, 6.07) is 7.48. The van der Waals surface area contributed by atoms with Gasteiger partial charge in [0, 0.05) is 6.54 Å². The van der Waals surface area contributed by atoms with Crippen molar-refractivity contribution in [2.45, 2.75) is 25.7 Å². The Bertz CT molecular complexity index is 414. The zero-order valence-corrected chi connectivity index (χ0v) is 10.5. The lowest BCUT2D eigenvalue weighted by atomic mass is 10.1. The number of nitrogens with zero attached hydrogens (tertiary/aromatic N) is 1. The molecule has 3 N–H and O–H groups in total. The first-order valence-electron chi connectivity index (χ1n) is 6.48. The van der Waals surface area contributed by atoms with Crippen LogP contribution in [0.2, 0.25) is 0 Å². The summed E-state index contributed by atoms with van der Waals surface area (Å²) in [7, 11) is 0. The Hall–Kier alpha value is -1.71. The van der Waals surface area contributed by atoms with Crippen molar-refractivity contribution in [3.8, 4) is 0 Å². The van der Waals surface area contributed by atoms with Gasteiger partial charge in [0.2, 0.25) is 0 Å². The number of carbonyl (C=O) groups is 1. The average Bonchev–Trinajstić information content (AvgIpc) is 2.81. The number of anilines is 2. The van der Waals surface area contributed by atoms with E-state index in [1.54, 1.807) is 0 Å². The molecule has 1 aromatic carbocycles. The van der Waals surface area contributed by atoms with Crippen molar-refractivity contribution in [1.82, 2.24) is 0 Å². The minimum atomic E-state index is -0.809. The summed E-state index contributed by atoms with van der Waals surface area (Å²) < 4.78 is 0. The molecule has 1 aliphatic rings. The van der Waals surface area contributed by atoms with Crippen LogP contribution in [0.1, 0.15) is 25.7 Å². The van der Waals surface area contributed by atoms with Crippen LogP contribution in [0.4, 0.5) is 11.4 Å². The number of nitrogen functional groups attached to an aromatic ring is 1. The number of carboxylic acid groups (broad SMARTS) is 1. The molecular weight excluding hydrogens is 228 g/mol. The number of rotatable bonds is 5. The second-order valence-electron chi connectivity index (χ2n) is 4.98. The number of benzene rings is 1. The third kappa shape index (κ3) is 3.15. The lowest BCUT2D eigenvalue weighted by molar-refractivity contribution is -0.135. The molecule has 0 amide bonds. The summed E-state index contributed by atoms with van der Waals surface area (Å²) in [5.41, 5.74) is 7.43. The standard InChI is InChI=1S/C14H20N2O2/c15-12-7-3-4-8-13(12)16(10-14(17)18)9-11-5-1-2-6-11/h3-4,7-8,11H,1-2,5-6,9-10,15H2,(H,17,18). The molecule has 0 spiro atoms. The van der Waals surface area contributed by atoms with Crippen molar-refractivity contribution in [1.29, 1.82) is 0 Å². The fourth-order valence-corrected chi connectivity index (χ4v) is 2.69. The molecule has 18 heavy (non-hydrogen) atoms. The van der Waals surface area contributed by atoms with Crippen LogP contribution in [0.3, 0.4) is 0 Å². The van der Waals surface area contributed by atoms with Crippen molar-refractivity contribution in [3.05, 3.63) is 24.3 Å². The third-order valence-electron chi connectivity index (χ3n) is 3.56. The fourth-order valence-electron chi connectivity index (χ4n) is 2.69. The minimum absolute atomic E-state index is 0.0186. The first kappa shape index (κ1) is 12.7. The molecule has 0 aliphatic heterocycles. The Morgan fingerprint density at radius 1 is 1.33 bits per heavy atom. The third-order valence-corrected chi connectivity index (χ3v) is 3.56. The molecule has 0 atom stereocenters. The summed E-state index contributed by atoms with van der Waals surface area (Å²) in [5.74, 6) is -0.208. The van der Waals surface area contributed by atoms with Crippen molar-refractivity contribution in [2.75, 3.05) is 23.7 Å². The SMILES string of the molecule is Nc1ccccc1N(CC(=O)O)CC1CCCC1. The summed E-state index contributed by atoms with van der Waals surface area (Å²) in [6.07, 6.45) is 4.91. The first-order chi connectivity index (χ1) is 8.66. The van der Waals surface area contributed by atoms with Gasteiger partial charge in [-0.2, -0.15) is 0 Å². The lowest BCUT2D eigenvalue weighted by Gasteiger charge is -2.27. The Morgan fingerprint density at radius 2 is 2.00 bits per heavy atom. The average molecular weight is 248 g/mol. The molecule has 1 saturated carbocycles.